The summed E-state index contributed by atoms with van der Waals surface area (Å²) in [5.74, 6) is 0. The number of nitrogens with zero attached hydrogens (tertiary/aromatic N) is 2. The normalized spacial score (nSPS) is 19.0. The second-order valence-electron chi connectivity index (χ2n) is 6.29. The van der Waals surface area contributed by atoms with E-state index in [2.05, 4.69) is 55.7 Å². The Balaban J connectivity index is 2.18. The molecule has 0 bridgehead atoms. The first-order chi connectivity index (χ1) is 10.3. The Bertz CT molecular complexity index is 928. The van der Waals surface area contributed by atoms with E-state index in [9.17, 15) is 4.79 Å². The highest BCUT2D eigenvalue weighted by molar-refractivity contribution is 5.71. The van der Waals surface area contributed by atoms with Crippen molar-refractivity contribution in [2.45, 2.75) is 19.3 Å². The number of fused-ring (bicyclic) bond motifs is 1. The van der Waals surface area contributed by atoms with Gasteiger partial charge in [-0.3, -0.25) is 14.6 Å². The summed E-state index contributed by atoms with van der Waals surface area (Å²) >= 11 is 0. The van der Waals surface area contributed by atoms with E-state index >= 15 is 0 Å². The molecule has 0 unspecified atom stereocenters. The number of aromatic nitrogens is 2. The van der Waals surface area contributed by atoms with Crippen molar-refractivity contribution in [3.05, 3.63) is 62.5 Å². The molecular weight excluding hydrogens is 274 g/mol. The van der Waals surface area contributed by atoms with Gasteiger partial charge in [0.05, 0.1) is 10.6 Å². The zero-order valence-electron chi connectivity index (χ0n) is 13.5. The highest BCUT2D eigenvalue weighted by Crippen LogP contribution is 2.46. The highest BCUT2D eigenvalue weighted by Gasteiger charge is 2.37. The first-order valence-electron chi connectivity index (χ1n) is 7.33. The van der Waals surface area contributed by atoms with Gasteiger partial charge < -0.3 is 4.90 Å². The standard InChI is InChI=1S/C18H21N3O/c1-12-13(17(22)21(5)19-12)10-11-16-18(2,3)14-8-6-7-9-15(14)20(16)4/h6-11,19H,1H2,2-5H3/b13-10+,16-11?. The van der Waals surface area contributed by atoms with Crippen LogP contribution in [0.5, 0.6) is 0 Å². The van der Waals surface area contributed by atoms with Crippen LogP contribution in [0, 0.1) is 0 Å². The fourth-order valence-electron chi connectivity index (χ4n) is 3.26. The van der Waals surface area contributed by atoms with Crippen LogP contribution in [0.1, 0.15) is 19.4 Å². The largest absolute Gasteiger partial charge is 0.347 e. The van der Waals surface area contributed by atoms with Crippen molar-refractivity contribution in [1.29, 1.82) is 0 Å². The van der Waals surface area contributed by atoms with E-state index < -0.39 is 0 Å². The van der Waals surface area contributed by atoms with Crippen LogP contribution in [0.15, 0.2) is 40.8 Å². The molecule has 1 aliphatic rings. The lowest BCUT2D eigenvalue weighted by molar-refractivity contribution is 0.641. The van der Waals surface area contributed by atoms with Gasteiger partial charge in [0.2, 0.25) is 0 Å². The molecule has 0 fully saturated rings. The van der Waals surface area contributed by atoms with Gasteiger partial charge in [0.1, 0.15) is 0 Å². The highest BCUT2D eigenvalue weighted by atomic mass is 16.1. The zero-order valence-corrected chi connectivity index (χ0v) is 13.5. The van der Waals surface area contributed by atoms with Crippen LogP contribution in [0.3, 0.4) is 0 Å². The molecule has 0 amide bonds. The molecule has 0 saturated carbocycles. The van der Waals surface area contributed by atoms with E-state index in [4.69, 9.17) is 0 Å². The van der Waals surface area contributed by atoms with Crippen molar-refractivity contribution in [2.24, 2.45) is 7.05 Å². The van der Waals surface area contributed by atoms with Gasteiger partial charge in [-0.25, -0.2) is 0 Å². The molecular formula is C18H21N3O. The third-order valence-electron chi connectivity index (χ3n) is 4.51. The van der Waals surface area contributed by atoms with Gasteiger partial charge in [0.15, 0.2) is 0 Å². The summed E-state index contributed by atoms with van der Waals surface area (Å²) < 4.78 is 1.45. The minimum absolute atomic E-state index is 0.0576. The number of aryl methyl sites for hydroxylation is 1. The number of para-hydroxylation sites is 1. The number of rotatable bonds is 1. The summed E-state index contributed by atoms with van der Waals surface area (Å²) in [7, 11) is 3.76. The molecule has 2 heterocycles. The third-order valence-corrected chi connectivity index (χ3v) is 4.51. The fraction of sp³-hybridized carbons (Fsp3) is 0.278. The predicted molar refractivity (Wildman–Crippen MR) is 91.2 cm³/mol. The maximum atomic E-state index is 12.1. The lowest BCUT2D eigenvalue weighted by atomic mass is 9.84. The Morgan fingerprint density at radius 1 is 1.18 bits per heavy atom. The first-order valence-corrected chi connectivity index (χ1v) is 7.33. The Morgan fingerprint density at radius 3 is 2.45 bits per heavy atom. The van der Waals surface area contributed by atoms with Crippen molar-refractivity contribution in [2.75, 3.05) is 11.9 Å². The Kier molecular flexibility index (Phi) is 3.13. The molecule has 0 atom stereocenters. The molecule has 1 aromatic heterocycles. The average molecular weight is 295 g/mol. The fourth-order valence-corrected chi connectivity index (χ4v) is 3.26. The van der Waals surface area contributed by atoms with Crippen LogP contribution in [0.2, 0.25) is 0 Å². The summed E-state index contributed by atoms with van der Waals surface area (Å²) in [5.41, 5.74) is 3.53. The Morgan fingerprint density at radius 2 is 1.86 bits per heavy atom. The minimum atomic E-state index is -0.0925. The third kappa shape index (κ3) is 1.95. The monoisotopic (exact) mass is 295 g/mol. The van der Waals surface area contributed by atoms with Crippen molar-refractivity contribution >= 4 is 18.3 Å². The molecule has 2 aromatic rings. The van der Waals surface area contributed by atoms with E-state index in [-0.39, 0.29) is 11.0 Å². The summed E-state index contributed by atoms with van der Waals surface area (Å²) in [6, 6.07) is 8.40. The quantitative estimate of drug-likeness (QED) is 0.859. The minimum Gasteiger partial charge on any atom is -0.347 e. The number of hydrogen-bond donors (Lipinski definition) is 1. The van der Waals surface area contributed by atoms with Gasteiger partial charge in [-0.2, -0.15) is 0 Å². The smallest absolute Gasteiger partial charge is 0.274 e. The molecule has 1 aromatic carbocycles. The average Bonchev–Trinajstić information content (AvgIpc) is 2.83. The molecule has 1 aliphatic heterocycles. The van der Waals surface area contributed by atoms with E-state index in [1.807, 2.05) is 18.2 Å². The van der Waals surface area contributed by atoms with Gasteiger partial charge in [-0.1, -0.05) is 38.6 Å². The zero-order chi connectivity index (χ0) is 16.1. The van der Waals surface area contributed by atoms with Crippen molar-refractivity contribution < 1.29 is 0 Å². The molecule has 3 rings (SSSR count). The maximum absolute atomic E-state index is 12.1. The molecule has 0 radical (unpaired) electrons. The second kappa shape index (κ2) is 4.77. The summed E-state index contributed by atoms with van der Waals surface area (Å²) in [5, 5.41) is 4.17. The lowest BCUT2D eigenvalue weighted by Crippen LogP contribution is -2.33. The van der Waals surface area contributed by atoms with Crippen molar-refractivity contribution in [1.82, 2.24) is 9.78 Å². The van der Waals surface area contributed by atoms with Gasteiger partial charge in [-0.05, 0) is 23.8 Å². The van der Waals surface area contributed by atoms with Crippen LogP contribution in [-0.2, 0) is 12.5 Å². The molecule has 0 aliphatic carbocycles. The van der Waals surface area contributed by atoms with E-state index in [1.165, 1.54) is 15.9 Å². The van der Waals surface area contributed by atoms with Gasteiger partial charge >= 0.3 is 0 Å². The van der Waals surface area contributed by atoms with E-state index in [1.54, 1.807) is 7.05 Å². The Labute approximate surface area is 129 Å². The maximum Gasteiger partial charge on any atom is 0.274 e. The number of likely N-dealkylation sites (N-methyl/N-ethyl adjacent to an activating group) is 1. The number of aromatic amines is 1. The number of benzene rings is 1. The SMILES string of the molecule is C=c1[nH]n(C)c(=O)/c1=C/C=C1N(C)c2ccccc2C1(C)C. The number of H-pyrrole nitrogens is 1. The molecule has 0 saturated heterocycles. The number of nitrogens with one attached hydrogen (secondary N) is 1. The van der Waals surface area contributed by atoms with E-state index in [0.717, 1.165) is 5.70 Å². The topological polar surface area (TPSA) is 41.0 Å². The van der Waals surface area contributed by atoms with Crippen LogP contribution < -0.4 is 21.0 Å². The molecule has 22 heavy (non-hydrogen) atoms. The second-order valence-corrected chi connectivity index (χ2v) is 6.29. The number of hydrogen-bond acceptors (Lipinski definition) is 2. The molecule has 4 heteroatoms. The first kappa shape index (κ1) is 14.4. The van der Waals surface area contributed by atoms with Gasteiger partial charge in [0, 0.05) is 30.9 Å². The number of allylic oxidation sites excluding steroid dienone is 2. The molecule has 114 valence electrons. The Hall–Kier alpha value is -2.49. The van der Waals surface area contributed by atoms with Gasteiger partial charge in [0.25, 0.3) is 5.56 Å². The molecule has 4 nitrogen and oxygen atoms in total. The summed E-state index contributed by atoms with van der Waals surface area (Å²) in [6.45, 7) is 8.30. The molecule has 1 N–H and O–H groups in total. The van der Waals surface area contributed by atoms with Crippen LogP contribution in [0.4, 0.5) is 5.69 Å². The van der Waals surface area contributed by atoms with E-state index in [0.29, 0.717) is 10.6 Å². The van der Waals surface area contributed by atoms with Crippen LogP contribution in [0.25, 0.3) is 12.7 Å². The van der Waals surface area contributed by atoms with Crippen LogP contribution >= 0.6 is 0 Å². The van der Waals surface area contributed by atoms with Crippen LogP contribution in [-0.4, -0.2) is 16.8 Å². The lowest BCUT2D eigenvalue weighted by Gasteiger charge is -2.23. The number of anilines is 1. The summed E-state index contributed by atoms with van der Waals surface area (Å²) in [4.78, 5) is 14.3. The van der Waals surface area contributed by atoms with Gasteiger partial charge in [-0.15, -0.1) is 0 Å². The molecule has 0 spiro atoms. The van der Waals surface area contributed by atoms with Crippen molar-refractivity contribution in [3.63, 3.8) is 0 Å². The summed E-state index contributed by atoms with van der Waals surface area (Å²) in [6.07, 6.45) is 3.89. The predicted octanol–water partition coefficient (Wildman–Crippen LogP) is 1.22. The van der Waals surface area contributed by atoms with Crippen molar-refractivity contribution in [3.8, 4) is 0 Å².